The van der Waals surface area contributed by atoms with Crippen LogP contribution in [0.15, 0.2) is 28.3 Å². The van der Waals surface area contributed by atoms with Crippen LogP contribution in [0.25, 0.3) is 0 Å². The van der Waals surface area contributed by atoms with Gasteiger partial charge in [0.25, 0.3) is 0 Å². The van der Waals surface area contributed by atoms with Gasteiger partial charge in [0, 0.05) is 22.2 Å². The molecule has 0 aromatic carbocycles. The second-order valence-electron chi connectivity index (χ2n) is 3.46. The summed E-state index contributed by atoms with van der Waals surface area (Å²) in [5.41, 5.74) is 0. The van der Waals surface area contributed by atoms with Crippen molar-refractivity contribution in [2.24, 2.45) is 0 Å². The highest BCUT2D eigenvalue weighted by Crippen LogP contribution is 2.25. The normalized spacial score (nSPS) is 12.4. The number of halogens is 2. The minimum atomic E-state index is -0.366. The van der Waals surface area contributed by atoms with Crippen LogP contribution in [0, 0.1) is 5.82 Å². The second-order valence-corrected chi connectivity index (χ2v) is 5.30. The molecule has 90 valence electrons. The average molecular weight is 316 g/mol. The van der Waals surface area contributed by atoms with Crippen molar-refractivity contribution in [3.63, 3.8) is 0 Å². The zero-order chi connectivity index (χ0) is 12.3. The van der Waals surface area contributed by atoms with Gasteiger partial charge >= 0.3 is 0 Å². The van der Waals surface area contributed by atoms with Crippen LogP contribution in [-0.4, -0.2) is 9.97 Å². The molecule has 0 aliphatic heterocycles. The summed E-state index contributed by atoms with van der Waals surface area (Å²) in [6, 6.07) is 1.39. The molecule has 2 heterocycles. The lowest BCUT2D eigenvalue weighted by Crippen LogP contribution is -2.11. The minimum Gasteiger partial charge on any atom is -0.358 e. The van der Waals surface area contributed by atoms with Gasteiger partial charge in [-0.05, 0) is 28.4 Å². The molecule has 0 saturated carbocycles. The van der Waals surface area contributed by atoms with Gasteiger partial charge in [-0.15, -0.1) is 11.3 Å². The van der Waals surface area contributed by atoms with E-state index < -0.39 is 0 Å². The van der Waals surface area contributed by atoms with Crippen molar-refractivity contribution in [1.82, 2.24) is 9.97 Å². The molecule has 1 unspecified atom stereocenters. The van der Waals surface area contributed by atoms with Crippen LogP contribution in [-0.2, 0) is 0 Å². The molecule has 17 heavy (non-hydrogen) atoms. The van der Waals surface area contributed by atoms with Gasteiger partial charge in [-0.25, -0.2) is 14.4 Å². The minimum absolute atomic E-state index is 0.00169. The van der Waals surface area contributed by atoms with Gasteiger partial charge in [0.15, 0.2) is 11.6 Å². The van der Waals surface area contributed by atoms with Gasteiger partial charge in [-0.2, -0.15) is 0 Å². The fourth-order valence-corrected chi connectivity index (χ4v) is 2.51. The predicted molar refractivity (Wildman–Crippen MR) is 70.7 cm³/mol. The number of thiazole rings is 1. The van der Waals surface area contributed by atoms with Crippen molar-refractivity contribution in [1.29, 1.82) is 0 Å². The zero-order valence-electron chi connectivity index (χ0n) is 9.15. The first kappa shape index (κ1) is 12.4. The van der Waals surface area contributed by atoms with Crippen LogP contribution in [0.2, 0.25) is 0 Å². The monoisotopic (exact) mass is 315 g/mol. The number of nitrogens with one attached hydrogen (secondary N) is 1. The molecule has 0 aliphatic rings. The molecule has 0 fully saturated rings. The van der Waals surface area contributed by atoms with Gasteiger partial charge < -0.3 is 5.32 Å². The Labute approximate surface area is 111 Å². The first-order valence-corrected chi connectivity index (χ1v) is 6.85. The highest BCUT2D eigenvalue weighted by atomic mass is 79.9. The van der Waals surface area contributed by atoms with Crippen LogP contribution in [0.3, 0.4) is 0 Å². The standard InChI is InChI=1S/C11H11BrFN3S/c1-2-9(11-14-3-4-17-11)16-10-8(13)5-7(12)6-15-10/h3-6,9H,2H2,1H3,(H,15,16). The maximum absolute atomic E-state index is 13.6. The first-order chi connectivity index (χ1) is 8.20. The van der Waals surface area contributed by atoms with Crippen molar-refractivity contribution in [2.75, 3.05) is 5.32 Å². The van der Waals surface area contributed by atoms with E-state index in [1.165, 1.54) is 6.07 Å². The number of pyridine rings is 1. The summed E-state index contributed by atoms with van der Waals surface area (Å²) in [6.07, 6.45) is 4.14. The number of rotatable bonds is 4. The smallest absolute Gasteiger partial charge is 0.166 e. The third-order valence-electron chi connectivity index (χ3n) is 2.28. The van der Waals surface area contributed by atoms with E-state index in [1.807, 2.05) is 12.3 Å². The maximum Gasteiger partial charge on any atom is 0.166 e. The van der Waals surface area contributed by atoms with Gasteiger partial charge in [0.2, 0.25) is 0 Å². The largest absolute Gasteiger partial charge is 0.358 e. The summed E-state index contributed by atoms with van der Waals surface area (Å²) in [4.78, 5) is 8.25. The Balaban J connectivity index is 2.19. The van der Waals surface area contributed by atoms with Crippen molar-refractivity contribution < 1.29 is 4.39 Å². The first-order valence-electron chi connectivity index (χ1n) is 5.17. The topological polar surface area (TPSA) is 37.8 Å². The lowest BCUT2D eigenvalue weighted by Gasteiger charge is -2.15. The fourth-order valence-electron chi connectivity index (χ4n) is 1.43. The maximum atomic E-state index is 13.6. The summed E-state index contributed by atoms with van der Waals surface area (Å²) in [5, 5.41) is 5.92. The zero-order valence-corrected chi connectivity index (χ0v) is 11.6. The second kappa shape index (κ2) is 5.55. The SMILES string of the molecule is CCC(Nc1ncc(Br)cc1F)c1nccs1. The Bertz CT molecular complexity index is 489. The molecule has 0 saturated heterocycles. The highest BCUT2D eigenvalue weighted by Gasteiger charge is 2.14. The van der Waals surface area contributed by atoms with E-state index in [1.54, 1.807) is 23.7 Å². The van der Waals surface area contributed by atoms with Crippen molar-refractivity contribution in [3.05, 3.63) is 39.1 Å². The molecule has 3 nitrogen and oxygen atoms in total. The molecule has 0 radical (unpaired) electrons. The molecular formula is C11H11BrFN3S. The van der Waals surface area contributed by atoms with E-state index in [-0.39, 0.29) is 17.7 Å². The summed E-state index contributed by atoms with van der Waals surface area (Å²) in [7, 11) is 0. The number of nitrogens with zero attached hydrogens (tertiary/aromatic N) is 2. The molecular weight excluding hydrogens is 305 g/mol. The molecule has 0 spiro atoms. The van der Waals surface area contributed by atoms with Gasteiger partial charge in [-0.1, -0.05) is 6.92 Å². The third kappa shape index (κ3) is 3.01. The Kier molecular flexibility index (Phi) is 4.06. The quantitative estimate of drug-likeness (QED) is 0.926. The fraction of sp³-hybridized carbons (Fsp3) is 0.273. The lowest BCUT2D eigenvalue weighted by molar-refractivity contribution is 0.615. The number of anilines is 1. The molecule has 1 atom stereocenters. The van der Waals surface area contributed by atoms with Crippen LogP contribution in [0.4, 0.5) is 10.2 Å². The van der Waals surface area contributed by atoms with E-state index in [0.29, 0.717) is 4.47 Å². The molecule has 2 rings (SSSR count). The molecule has 0 aliphatic carbocycles. The number of hydrogen-bond donors (Lipinski definition) is 1. The molecule has 2 aromatic rings. The molecule has 1 N–H and O–H groups in total. The van der Waals surface area contributed by atoms with E-state index in [4.69, 9.17) is 0 Å². The van der Waals surface area contributed by atoms with E-state index in [0.717, 1.165) is 11.4 Å². The van der Waals surface area contributed by atoms with Crippen molar-refractivity contribution in [3.8, 4) is 0 Å². The Morgan fingerprint density at radius 2 is 2.35 bits per heavy atom. The summed E-state index contributed by atoms with van der Waals surface area (Å²) >= 11 is 4.73. The lowest BCUT2D eigenvalue weighted by atomic mass is 10.2. The van der Waals surface area contributed by atoms with Gasteiger partial charge in [0.05, 0.1) is 6.04 Å². The molecule has 0 bridgehead atoms. The van der Waals surface area contributed by atoms with Crippen LogP contribution in [0.5, 0.6) is 0 Å². The van der Waals surface area contributed by atoms with E-state index >= 15 is 0 Å². The van der Waals surface area contributed by atoms with Gasteiger partial charge in [0.1, 0.15) is 5.01 Å². The number of hydrogen-bond acceptors (Lipinski definition) is 4. The van der Waals surface area contributed by atoms with Crippen LogP contribution >= 0.6 is 27.3 Å². The van der Waals surface area contributed by atoms with Crippen LogP contribution in [0.1, 0.15) is 24.4 Å². The summed E-state index contributed by atoms with van der Waals surface area (Å²) in [5.74, 6) is -0.107. The molecule has 2 aromatic heterocycles. The number of aromatic nitrogens is 2. The average Bonchev–Trinajstić information content (AvgIpc) is 2.81. The summed E-state index contributed by atoms with van der Waals surface area (Å²) < 4.78 is 14.2. The summed E-state index contributed by atoms with van der Waals surface area (Å²) in [6.45, 7) is 2.02. The Hall–Kier alpha value is -1.01. The van der Waals surface area contributed by atoms with Gasteiger partial charge in [-0.3, -0.25) is 0 Å². The highest BCUT2D eigenvalue weighted by molar-refractivity contribution is 9.10. The molecule has 0 amide bonds. The van der Waals surface area contributed by atoms with E-state index in [2.05, 4.69) is 31.2 Å². The Morgan fingerprint density at radius 1 is 1.53 bits per heavy atom. The Morgan fingerprint density at radius 3 is 2.94 bits per heavy atom. The van der Waals surface area contributed by atoms with Crippen LogP contribution < -0.4 is 5.32 Å². The molecule has 6 heteroatoms. The van der Waals surface area contributed by atoms with Crippen molar-refractivity contribution in [2.45, 2.75) is 19.4 Å². The van der Waals surface area contributed by atoms with E-state index in [9.17, 15) is 4.39 Å². The third-order valence-corrected chi connectivity index (χ3v) is 3.60. The van der Waals surface area contributed by atoms with Crippen molar-refractivity contribution >= 4 is 33.1 Å². The predicted octanol–water partition coefficient (Wildman–Crippen LogP) is 4.00.